The van der Waals surface area contributed by atoms with Crippen LogP contribution >= 0.6 is 11.3 Å². The smallest absolute Gasteiger partial charge is 0.191 e. The van der Waals surface area contributed by atoms with Crippen molar-refractivity contribution >= 4 is 17.3 Å². The third kappa shape index (κ3) is 5.63. The van der Waals surface area contributed by atoms with E-state index in [0.717, 1.165) is 47.5 Å². The normalized spacial score (nSPS) is 11.3. The van der Waals surface area contributed by atoms with Crippen molar-refractivity contribution in [3.63, 3.8) is 0 Å². The van der Waals surface area contributed by atoms with Gasteiger partial charge in [-0.15, -0.1) is 11.3 Å². The van der Waals surface area contributed by atoms with E-state index in [4.69, 9.17) is 9.47 Å². The summed E-state index contributed by atoms with van der Waals surface area (Å²) in [4.78, 5) is 8.79. The lowest BCUT2D eigenvalue weighted by Crippen LogP contribution is -2.37. The van der Waals surface area contributed by atoms with E-state index in [9.17, 15) is 0 Å². The molecule has 7 heteroatoms. The number of nitrogens with one attached hydrogen (secondary N) is 2. The minimum atomic E-state index is 0.673. The van der Waals surface area contributed by atoms with Gasteiger partial charge in [-0.25, -0.2) is 4.98 Å². The minimum absolute atomic E-state index is 0.673. The van der Waals surface area contributed by atoms with E-state index in [2.05, 4.69) is 32.9 Å². The van der Waals surface area contributed by atoms with Crippen LogP contribution in [0.25, 0.3) is 0 Å². The molecule has 0 atom stereocenters. The Morgan fingerprint density at radius 3 is 2.64 bits per heavy atom. The maximum Gasteiger partial charge on any atom is 0.191 e. The number of hydrogen-bond donors (Lipinski definition) is 2. The zero-order valence-electron chi connectivity index (χ0n) is 15.3. The fourth-order valence-corrected chi connectivity index (χ4v) is 3.09. The second-order valence-corrected chi connectivity index (χ2v) is 6.32. The number of rotatable bonds is 8. The van der Waals surface area contributed by atoms with Gasteiger partial charge in [0.2, 0.25) is 0 Å². The van der Waals surface area contributed by atoms with Crippen molar-refractivity contribution in [2.45, 2.75) is 26.3 Å². The summed E-state index contributed by atoms with van der Waals surface area (Å²) in [7, 11) is 5.05. The molecule has 0 saturated carbocycles. The van der Waals surface area contributed by atoms with Gasteiger partial charge in [0.25, 0.3) is 0 Å². The lowest BCUT2D eigenvalue weighted by Gasteiger charge is -2.12. The molecule has 0 aliphatic heterocycles. The van der Waals surface area contributed by atoms with Gasteiger partial charge in [-0.2, -0.15) is 0 Å². The number of aromatic nitrogens is 1. The van der Waals surface area contributed by atoms with Crippen molar-refractivity contribution in [3.05, 3.63) is 39.8 Å². The van der Waals surface area contributed by atoms with Gasteiger partial charge in [-0.05, 0) is 30.5 Å². The highest BCUT2D eigenvalue weighted by atomic mass is 32.1. The van der Waals surface area contributed by atoms with Gasteiger partial charge in [-0.3, -0.25) is 4.99 Å². The van der Waals surface area contributed by atoms with E-state index in [1.54, 1.807) is 32.6 Å². The lowest BCUT2D eigenvalue weighted by molar-refractivity contribution is 0.354. The number of ether oxygens (including phenoxy) is 2. The Labute approximate surface area is 153 Å². The third-order valence-corrected chi connectivity index (χ3v) is 4.76. The first-order chi connectivity index (χ1) is 12.2. The Hall–Kier alpha value is -2.28. The van der Waals surface area contributed by atoms with Gasteiger partial charge in [0.15, 0.2) is 17.5 Å². The fourth-order valence-electron chi connectivity index (χ4n) is 2.35. The average Bonchev–Trinajstić information content (AvgIpc) is 3.12. The van der Waals surface area contributed by atoms with Gasteiger partial charge >= 0.3 is 0 Å². The van der Waals surface area contributed by atoms with Crippen molar-refractivity contribution in [3.8, 4) is 11.5 Å². The molecule has 25 heavy (non-hydrogen) atoms. The summed E-state index contributed by atoms with van der Waals surface area (Å²) in [6.45, 7) is 3.56. The average molecular weight is 362 g/mol. The van der Waals surface area contributed by atoms with E-state index < -0.39 is 0 Å². The third-order valence-electron chi connectivity index (χ3n) is 3.72. The highest BCUT2D eigenvalue weighted by molar-refractivity contribution is 7.09. The van der Waals surface area contributed by atoms with Gasteiger partial charge in [0, 0.05) is 19.0 Å². The number of nitrogens with zero attached hydrogens (tertiary/aromatic N) is 2. The van der Waals surface area contributed by atoms with Crippen LogP contribution in [0.4, 0.5) is 0 Å². The number of aliphatic imine (C=N–C) groups is 1. The number of thiazole rings is 1. The van der Waals surface area contributed by atoms with Crippen LogP contribution in [0.1, 0.15) is 23.2 Å². The van der Waals surface area contributed by atoms with Crippen LogP contribution in [0.2, 0.25) is 0 Å². The number of aryl methyl sites for hydroxylation is 1. The zero-order valence-corrected chi connectivity index (χ0v) is 16.1. The minimum Gasteiger partial charge on any atom is -0.493 e. The molecule has 0 bridgehead atoms. The van der Waals surface area contributed by atoms with Crippen LogP contribution in [0.15, 0.2) is 28.6 Å². The van der Waals surface area contributed by atoms with Crippen LogP contribution < -0.4 is 20.1 Å². The maximum atomic E-state index is 5.34. The Bertz CT molecular complexity index is 700. The largest absolute Gasteiger partial charge is 0.493 e. The molecule has 2 N–H and O–H groups in total. The quantitative estimate of drug-likeness (QED) is 0.558. The summed E-state index contributed by atoms with van der Waals surface area (Å²) < 4.78 is 10.6. The molecule has 0 saturated heterocycles. The summed E-state index contributed by atoms with van der Waals surface area (Å²) in [5.74, 6) is 2.26. The SMILES string of the molecule is CCc1nc(CNC(=NC)NCCc2ccc(OC)c(OC)c2)cs1. The van der Waals surface area contributed by atoms with Crippen molar-refractivity contribution in [1.82, 2.24) is 15.6 Å². The summed E-state index contributed by atoms with van der Waals surface area (Å²) in [6.07, 6.45) is 1.83. The van der Waals surface area contributed by atoms with Crippen LogP contribution in [0.5, 0.6) is 11.5 Å². The van der Waals surface area contributed by atoms with Crippen LogP contribution in [-0.2, 0) is 19.4 Å². The van der Waals surface area contributed by atoms with E-state index in [0.29, 0.717) is 6.54 Å². The monoisotopic (exact) mass is 362 g/mol. The van der Waals surface area contributed by atoms with Crippen LogP contribution in [0.3, 0.4) is 0 Å². The summed E-state index contributed by atoms with van der Waals surface area (Å²) in [6, 6.07) is 5.97. The van der Waals surface area contributed by atoms with Gasteiger partial charge in [0.1, 0.15) is 0 Å². The van der Waals surface area contributed by atoms with Crippen molar-refractivity contribution in [2.75, 3.05) is 27.8 Å². The molecular formula is C18H26N4O2S. The number of hydrogen-bond acceptors (Lipinski definition) is 5. The molecular weight excluding hydrogens is 336 g/mol. The Balaban J connectivity index is 1.80. The first kappa shape index (κ1) is 19.1. The molecule has 0 aliphatic rings. The van der Waals surface area contributed by atoms with Crippen molar-refractivity contribution in [2.24, 2.45) is 4.99 Å². The van der Waals surface area contributed by atoms with E-state index in [-0.39, 0.29) is 0 Å². The first-order valence-electron chi connectivity index (χ1n) is 8.28. The Morgan fingerprint density at radius 1 is 1.20 bits per heavy atom. The highest BCUT2D eigenvalue weighted by Crippen LogP contribution is 2.27. The van der Waals surface area contributed by atoms with Gasteiger partial charge < -0.3 is 20.1 Å². The molecule has 6 nitrogen and oxygen atoms in total. The second kappa shape index (κ2) is 9.88. The molecule has 2 aromatic rings. The highest BCUT2D eigenvalue weighted by Gasteiger charge is 2.05. The van der Waals surface area contributed by atoms with Gasteiger partial charge in [0.05, 0.1) is 31.5 Å². The van der Waals surface area contributed by atoms with Gasteiger partial charge in [-0.1, -0.05) is 13.0 Å². The molecule has 1 aromatic heterocycles. The van der Waals surface area contributed by atoms with Crippen LogP contribution in [-0.4, -0.2) is 38.8 Å². The molecule has 0 fully saturated rings. The predicted octanol–water partition coefficient (Wildman–Crippen LogP) is 2.63. The fraction of sp³-hybridized carbons (Fsp3) is 0.444. The summed E-state index contributed by atoms with van der Waals surface area (Å²) >= 11 is 1.70. The molecule has 0 spiro atoms. The number of methoxy groups -OCH3 is 2. The summed E-state index contributed by atoms with van der Waals surface area (Å²) in [5.41, 5.74) is 2.22. The van der Waals surface area contributed by atoms with E-state index >= 15 is 0 Å². The molecule has 136 valence electrons. The molecule has 1 aromatic carbocycles. The summed E-state index contributed by atoms with van der Waals surface area (Å²) in [5, 5.41) is 9.85. The topological polar surface area (TPSA) is 67.8 Å². The molecule has 0 unspecified atom stereocenters. The second-order valence-electron chi connectivity index (χ2n) is 5.38. The lowest BCUT2D eigenvalue weighted by atomic mass is 10.1. The zero-order chi connectivity index (χ0) is 18.1. The first-order valence-corrected chi connectivity index (χ1v) is 9.16. The predicted molar refractivity (Wildman–Crippen MR) is 103 cm³/mol. The maximum absolute atomic E-state index is 5.34. The van der Waals surface area contributed by atoms with E-state index in [1.807, 2.05) is 18.2 Å². The number of guanidine groups is 1. The standard InChI is InChI=1S/C18H26N4O2S/c1-5-17-22-14(12-25-17)11-21-18(19-2)20-9-8-13-6-7-15(23-3)16(10-13)24-4/h6-7,10,12H,5,8-9,11H2,1-4H3,(H2,19,20,21). The van der Waals surface area contributed by atoms with Crippen LogP contribution in [0, 0.1) is 0 Å². The molecule has 0 amide bonds. The Morgan fingerprint density at radius 2 is 2.00 bits per heavy atom. The van der Waals surface area contributed by atoms with E-state index in [1.165, 1.54) is 5.56 Å². The molecule has 0 aliphatic carbocycles. The number of benzene rings is 1. The molecule has 0 radical (unpaired) electrons. The van der Waals surface area contributed by atoms with Crippen molar-refractivity contribution < 1.29 is 9.47 Å². The van der Waals surface area contributed by atoms with Crippen molar-refractivity contribution in [1.29, 1.82) is 0 Å². The molecule has 2 rings (SSSR count). The molecule has 1 heterocycles. The Kier molecular flexibility index (Phi) is 7.53.